The minimum Gasteiger partial charge on any atom is -0.497 e. The Bertz CT molecular complexity index is 718. The van der Waals surface area contributed by atoms with E-state index in [0.717, 1.165) is 25.7 Å². The smallest absolute Gasteiger partial charge is 0.412 e. The molecule has 0 bridgehead atoms. The van der Waals surface area contributed by atoms with Crippen molar-refractivity contribution in [3.8, 4) is 5.75 Å². The van der Waals surface area contributed by atoms with Crippen LogP contribution in [-0.2, 0) is 19.0 Å². The van der Waals surface area contributed by atoms with Gasteiger partial charge in [-0.1, -0.05) is 19.3 Å². The summed E-state index contributed by atoms with van der Waals surface area (Å²) in [4.78, 5) is 24.8. The number of hydrogen-bond donors (Lipinski definition) is 2. The van der Waals surface area contributed by atoms with Crippen molar-refractivity contribution < 1.29 is 28.5 Å². The van der Waals surface area contributed by atoms with Crippen LogP contribution in [0.2, 0.25) is 0 Å². The van der Waals surface area contributed by atoms with Crippen LogP contribution in [0.25, 0.3) is 0 Å². The predicted molar refractivity (Wildman–Crippen MR) is 105 cm³/mol. The van der Waals surface area contributed by atoms with Gasteiger partial charge in [0.15, 0.2) is 6.10 Å². The summed E-state index contributed by atoms with van der Waals surface area (Å²) in [5.41, 5.74) is 0.608. The molecule has 8 nitrogen and oxygen atoms in total. The lowest BCUT2D eigenvalue weighted by molar-refractivity contribution is -0.127. The number of benzene rings is 1. The molecule has 2 saturated heterocycles. The van der Waals surface area contributed by atoms with Gasteiger partial charge in [-0.05, 0) is 37.1 Å². The Morgan fingerprint density at radius 3 is 2.45 bits per heavy atom. The number of carbonyl (C=O) groups is 2. The van der Waals surface area contributed by atoms with Gasteiger partial charge in [0.2, 0.25) is 5.91 Å². The molecule has 2 amide bonds. The molecular weight excluding hydrogens is 376 g/mol. The Balaban J connectivity index is 1.27. The van der Waals surface area contributed by atoms with Crippen LogP contribution in [0, 0.1) is 5.92 Å². The molecule has 0 radical (unpaired) electrons. The number of anilines is 1. The van der Waals surface area contributed by atoms with E-state index in [1.807, 2.05) is 0 Å². The van der Waals surface area contributed by atoms with Crippen LogP contribution < -0.4 is 15.4 Å². The predicted octanol–water partition coefficient (Wildman–Crippen LogP) is 2.47. The SMILES string of the molecule is COc1ccc(NC(=O)OC2COC3C(NC(=O)C4CCCCC4)COC23)cc1. The van der Waals surface area contributed by atoms with Crippen molar-refractivity contribution in [2.75, 3.05) is 25.6 Å². The number of ether oxygens (including phenoxy) is 4. The van der Waals surface area contributed by atoms with E-state index >= 15 is 0 Å². The third-order valence-electron chi connectivity index (χ3n) is 5.91. The summed E-state index contributed by atoms with van der Waals surface area (Å²) in [6.07, 6.45) is 3.60. The van der Waals surface area contributed by atoms with Gasteiger partial charge in [0.1, 0.15) is 18.0 Å². The molecule has 1 saturated carbocycles. The molecule has 2 N–H and O–H groups in total. The summed E-state index contributed by atoms with van der Waals surface area (Å²) in [5.74, 6) is 0.882. The number of carbonyl (C=O) groups excluding carboxylic acids is 2. The minimum absolute atomic E-state index is 0.0872. The Morgan fingerprint density at radius 2 is 1.72 bits per heavy atom. The van der Waals surface area contributed by atoms with Crippen LogP contribution in [0.4, 0.5) is 10.5 Å². The van der Waals surface area contributed by atoms with Crippen molar-refractivity contribution in [1.29, 1.82) is 0 Å². The van der Waals surface area contributed by atoms with Gasteiger partial charge in [0, 0.05) is 11.6 Å². The fraction of sp³-hybridized carbons (Fsp3) is 0.619. The van der Waals surface area contributed by atoms with E-state index in [9.17, 15) is 9.59 Å². The Labute approximate surface area is 170 Å². The van der Waals surface area contributed by atoms with Crippen molar-refractivity contribution in [3.05, 3.63) is 24.3 Å². The van der Waals surface area contributed by atoms with Gasteiger partial charge in [-0.2, -0.15) is 0 Å². The quantitative estimate of drug-likeness (QED) is 0.783. The molecule has 3 fully saturated rings. The number of methoxy groups -OCH3 is 1. The normalized spacial score (nSPS) is 29.1. The highest BCUT2D eigenvalue weighted by atomic mass is 16.6. The van der Waals surface area contributed by atoms with E-state index in [1.165, 1.54) is 6.42 Å². The molecule has 2 heterocycles. The second-order valence-electron chi connectivity index (χ2n) is 7.84. The number of nitrogens with one attached hydrogen (secondary N) is 2. The molecule has 4 atom stereocenters. The molecule has 1 aliphatic carbocycles. The van der Waals surface area contributed by atoms with Crippen LogP contribution >= 0.6 is 0 Å². The summed E-state index contributed by atoms with van der Waals surface area (Å²) in [5, 5.41) is 5.78. The maximum atomic E-state index is 12.5. The average Bonchev–Trinajstić information content (AvgIpc) is 3.32. The highest BCUT2D eigenvalue weighted by Crippen LogP contribution is 2.30. The number of hydrogen-bond acceptors (Lipinski definition) is 6. The van der Waals surface area contributed by atoms with Crippen LogP contribution in [0.3, 0.4) is 0 Å². The number of amides is 2. The van der Waals surface area contributed by atoms with E-state index in [2.05, 4.69) is 10.6 Å². The van der Waals surface area contributed by atoms with Gasteiger partial charge < -0.3 is 24.3 Å². The molecule has 0 spiro atoms. The third-order valence-corrected chi connectivity index (χ3v) is 5.91. The first-order chi connectivity index (χ1) is 14.1. The lowest BCUT2D eigenvalue weighted by Crippen LogP contribution is -2.46. The van der Waals surface area contributed by atoms with Crippen LogP contribution in [-0.4, -0.2) is 56.7 Å². The Hall–Kier alpha value is -2.32. The van der Waals surface area contributed by atoms with Gasteiger partial charge >= 0.3 is 6.09 Å². The molecule has 4 unspecified atom stereocenters. The number of fused-ring (bicyclic) bond motifs is 1. The highest BCUT2D eigenvalue weighted by Gasteiger charge is 2.50. The van der Waals surface area contributed by atoms with Crippen molar-refractivity contribution in [1.82, 2.24) is 5.32 Å². The molecule has 1 aromatic rings. The van der Waals surface area contributed by atoms with Crippen LogP contribution in [0.5, 0.6) is 5.75 Å². The maximum Gasteiger partial charge on any atom is 0.412 e. The maximum absolute atomic E-state index is 12.5. The second-order valence-corrected chi connectivity index (χ2v) is 7.84. The van der Waals surface area contributed by atoms with Crippen molar-refractivity contribution in [2.45, 2.75) is 56.5 Å². The molecule has 2 aliphatic heterocycles. The summed E-state index contributed by atoms with van der Waals surface area (Å²) in [6, 6.07) is 6.77. The average molecular weight is 404 g/mol. The van der Waals surface area contributed by atoms with Crippen LogP contribution in [0.15, 0.2) is 24.3 Å². The summed E-state index contributed by atoms with van der Waals surface area (Å²) >= 11 is 0. The van der Waals surface area contributed by atoms with E-state index in [4.69, 9.17) is 18.9 Å². The fourth-order valence-electron chi connectivity index (χ4n) is 4.31. The topological polar surface area (TPSA) is 95.1 Å². The molecule has 0 aromatic heterocycles. The molecule has 8 heteroatoms. The molecular formula is C21H28N2O6. The summed E-state index contributed by atoms with van der Waals surface area (Å²) in [6.45, 7) is 0.620. The zero-order valence-electron chi connectivity index (χ0n) is 16.6. The van der Waals surface area contributed by atoms with Gasteiger partial charge in [-0.3, -0.25) is 10.1 Å². The number of rotatable bonds is 5. The highest BCUT2D eigenvalue weighted by molar-refractivity contribution is 5.84. The zero-order chi connectivity index (χ0) is 20.2. The van der Waals surface area contributed by atoms with E-state index < -0.39 is 12.2 Å². The Kier molecular flexibility index (Phi) is 6.20. The molecule has 1 aromatic carbocycles. The Morgan fingerprint density at radius 1 is 1.00 bits per heavy atom. The summed E-state index contributed by atoms with van der Waals surface area (Å²) in [7, 11) is 1.58. The lowest BCUT2D eigenvalue weighted by atomic mass is 9.88. The monoisotopic (exact) mass is 404 g/mol. The van der Waals surface area contributed by atoms with Crippen molar-refractivity contribution >= 4 is 17.7 Å². The molecule has 29 heavy (non-hydrogen) atoms. The van der Waals surface area contributed by atoms with Gasteiger partial charge in [-0.15, -0.1) is 0 Å². The van der Waals surface area contributed by atoms with Gasteiger partial charge in [0.05, 0.1) is 26.4 Å². The first-order valence-electron chi connectivity index (χ1n) is 10.3. The van der Waals surface area contributed by atoms with Crippen molar-refractivity contribution in [2.24, 2.45) is 5.92 Å². The van der Waals surface area contributed by atoms with Crippen molar-refractivity contribution in [3.63, 3.8) is 0 Å². The molecule has 158 valence electrons. The standard InChI is InChI=1S/C21H28N2O6/c1-26-15-9-7-14(8-10-15)22-21(25)29-17-12-28-18-16(11-27-19(17)18)23-20(24)13-5-3-2-4-6-13/h7-10,13,16-19H,2-6,11-12H2,1H3,(H,22,25)(H,23,24). The van der Waals surface area contributed by atoms with Crippen LogP contribution in [0.1, 0.15) is 32.1 Å². The fourth-order valence-corrected chi connectivity index (χ4v) is 4.31. The molecule has 3 aliphatic rings. The molecule has 4 rings (SSSR count). The lowest BCUT2D eigenvalue weighted by Gasteiger charge is -2.24. The van der Waals surface area contributed by atoms with E-state index in [-0.39, 0.29) is 36.7 Å². The zero-order valence-corrected chi connectivity index (χ0v) is 16.6. The second kappa shape index (κ2) is 9.00. The summed E-state index contributed by atoms with van der Waals surface area (Å²) < 4.78 is 22.2. The van der Waals surface area contributed by atoms with E-state index in [0.29, 0.717) is 18.0 Å². The largest absolute Gasteiger partial charge is 0.497 e. The third kappa shape index (κ3) is 4.64. The van der Waals surface area contributed by atoms with Gasteiger partial charge in [0.25, 0.3) is 0 Å². The minimum atomic E-state index is -0.567. The first-order valence-corrected chi connectivity index (χ1v) is 10.3. The van der Waals surface area contributed by atoms with E-state index in [1.54, 1.807) is 31.4 Å². The van der Waals surface area contributed by atoms with Gasteiger partial charge in [-0.25, -0.2) is 4.79 Å². The first kappa shape index (κ1) is 20.0.